The van der Waals surface area contributed by atoms with Crippen LogP contribution in [0.2, 0.25) is 5.02 Å². The fourth-order valence-corrected chi connectivity index (χ4v) is 3.88. The Kier molecular flexibility index (Phi) is 5.63. The standard InChI is InChI=1S/C31H30ClN5O3/c1-4-39-30-17-28-26(15-21(30)14-25(38)9-7-13-37(2)3)31(22(18-33)19-35-28)36-23-10-11-29(27(32)16-23)40-20-24-8-5-6-12-34-24/h5-12,15-17,19H,4,13-14,20H2,1-3H3,(H,35,36)/b9-7+/i1D3,2D3,4D2,7D,9D,13D2. The maximum Gasteiger partial charge on any atom is 0.159 e. The molecule has 9 heteroatoms. The maximum absolute atomic E-state index is 13.4. The van der Waals surface area contributed by atoms with Crippen LogP contribution in [0.4, 0.5) is 11.4 Å². The van der Waals surface area contributed by atoms with Crippen LogP contribution in [-0.2, 0) is 17.8 Å². The molecule has 0 saturated carbocycles. The number of aromatic nitrogens is 2. The van der Waals surface area contributed by atoms with Crippen LogP contribution in [0.5, 0.6) is 11.5 Å². The Morgan fingerprint density at radius 1 is 1.25 bits per heavy atom. The largest absolute Gasteiger partial charge is 0.494 e. The van der Waals surface area contributed by atoms with Crippen molar-refractivity contribution in [3.8, 4) is 17.6 Å². The van der Waals surface area contributed by atoms with Gasteiger partial charge in [-0.1, -0.05) is 23.7 Å². The van der Waals surface area contributed by atoms with E-state index in [-0.39, 0.29) is 44.2 Å². The highest BCUT2D eigenvalue weighted by atomic mass is 35.5. The van der Waals surface area contributed by atoms with E-state index in [4.69, 9.17) is 37.5 Å². The first-order chi connectivity index (χ1) is 24.1. The van der Waals surface area contributed by atoms with E-state index in [1.165, 1.54) is 18.3 Å². The summed E-state index contributed by atoms with van der Waals surface area (Å²) in [6.07, 6.45) is 1.96. The lowest BCUT2D eigenvalue weighted by Crippen LogP contribution is -2.11. The van der Waals surface area contributed by atoms with Gasteiger partial charge in [0.25, 0.3) is 0 Å². The highest BCUT2D eigenvalue weighted by molar-refractivity contribution is 6.32. The van der Waals surface area contributed by atoms with Gasteiger partial charge in [-0.05, 0) is 63.3 Å². The molecule has 0 atom stereocenters. The zero-order chi connectivity index (χ0) is 38.8. The molecular weight excluding hydrogens is 526 g/mol. The fourth-order valence-electron chi connectivity index (χ4n) is 3.65. The van der Waals surface area contributed by atoms with Gasteiger partial charge >= 0.3 is 0 Å². The second kappa shape index (κ2) is 13.6. The van der Waals surface area contributed by atoms with Gasteiger partial charge in [-0.25, -0.2) is 0 Å². The van der Waals surface area contributed by atoms with Gasteiger partial charge in [-0.3, -0.25) is 14.8 Å². The number of fused-ring (bicyclic) bond motifs is 1. The number of carbonyl (C=O) groups is 1. The normalized spacial score (nSPS) is 17.4. The third-order valence-electron chi connectivity index (χ3n) is 5.41. The van der Waals surface area contributed by atoms with Gasteiger partial charge in [0.2, 0.25) is 0 Å². The number of benzene rings is 2. The summed E-state index contributed by atoms with van der Waals surface area (Å²) in [5.41, 5.74) is 1.05. The first-order valence-corrected chi connectivity index (χ1v) is 12.0. The predicted molar refractivity (Wildman–Crippen MR) is 157 cm³/mol. The summed E-state index contributed by atoms with van der Waals surface area (Å²) >= 11 is 6.49. The first-order valence-electron chi connectivity index (χ1n) is 17.7. The molecule has 0 amide bonds. The van der Waals surface area contributed by atoms with Crippen molar-refractivity contribution < 1.29 is 30.7 Å². The molecule has 0 saturated heterocycles. The van der Waals surface area contributed by atoms with Gasteiger partial charge in [0.1, 0.15) is 24.2 Å². The minimum atomic E-state index is -3.30. The highest BCUT2D eigenvalue weighted by Gasteiger charge is 2.16. The number of rotatable bonds is 12. The number of likely N-dealkylation sites (N-methyl/N-ethyl adjacent to an activating group) is 1. The molecule has 8 nitrogen and oxygen atoms in total. The van der Waals surface area contributed by atoms with Gasteiger partial charge in [-0.2, -0.15) is 5.26 Å². The third kappa shape index (κ3) is 7.35. The molecule has 0 fully saturated rings. The average molecular weight is 568 g/mol. The molecule has 2 heterocycles. The summed E-state index contributed by atoms with van der Waals surface area (Å²) in [6.45, 7) is -12.5. The molecule has 0 aliphatic rings. The number of nitrogens with one attached hydrogen (secondary N) is 1. The molecule has 40 heavy (non-hydrogen) atoms. The molecule has 4 aromatic rings. The van der Waals surface area contributed by atoms with Gasteiger partial charge in [0, 0.05) is 59.0 Å². The van der Waals surface area contributed by atoms with Gasteiger partial charge < -0.3 is 19.7 Å². The van der Waals surface area contributed by atoms with Crippen molar-refractivity contribution in [3.05, 3.63) is 94.9 Å². The van der Waals surface area contributed by atoms with Crippen molar-refractivity contribution >= 4 is 39.7 Å². The third-order valence-corrected chi connectivity index (χ3v) is 5.71. The zero-order valence-electron chi connectivity index (χ0n) is 33.1. The summed E-state index contributed by atoms with van der Waals surface area (Å²) in [4.78, 5) is 22.0. The van der Waals surface area contributed by atoms with E-state index in [0.717, 1.165) is 13.1 Å². The van der Waals surface area contributed by atoms with Crippen molar-refractivity contribution in [1.82, 2.24) is 14.9 Å². The van der Waals surface area contributed by atoms with Crippen LogP contribution in [0.3, 0.4) is 0 Å². The van der Waals surface area contributed by atoms with Crippen LogP contribution in [0.1, 0.15) is 40.1 Å². The smallest absolute Gasteiger partial charge is 0.159 e. The zero-order valence-corrected chi connectivity index (χ0v) is 21.8. The van der Waals surface area contributed by atoms with Gasteiger partial charge in [-0.15, -0.1) is 0 Å². The monoisotopic (exact) mass is 567 g/mol. The number of hydrogen-bond donors (Lipinski definition) is 1. The summed E-state index contributed by atoms with van der Waals surface area (Å²) in [5.74, 6) is -1.35. The van der Waals surface area contributed by atoms with Crippen LogP contribution in [-0.4, -0.2) is 47.7 Å². The van der Waals surface area contributed by atoms with Crippen molar-refractivity contribution in [2.24, 2.45) is 0 Å². The lowest BCUT2D eigenvalue weighted by atomic mass is 10.0. The Labute approximate surface area is 255 Å². The SMILES string of the molecule is [2H]/C(C(=O)Cc1cc2c(Nc3ccc(OCc4ccccn4)c(Cl)c3)c(C#N)cnc2cc1OC([2H])([2H])C([2H])([2H])[2H])=C(/[2H])C([2H])([2H])N(C)C([2H])([2H])[2H]. The van der Waals surface area contributed by atoms with E-state index in [9.17, 15) is 10.1 Å². The van der Waals surface area contributed by atoms with Crippen LogP contribution in [0, 0.1) is 11.3 Å². The number of ketones is 1. The summed E-state index contributed by atoms with van der Waals surface area (Å²) in [6, 6.07) is 12.0. The van der Waals surface area contributed by atoms with Crippen molar-refractivity contribution in [2.75, 3.05) is 32.4 Å². The van der Waals surface area contributed by atoms with E-state index in [1.54, 1.807) is 30.5 Å². The minimum absolute atomic E-state index is 0.0123. The number of pyridine rings is 2. The second-order valence-corrected chi connectivity index (χ2v) is 8.65. The van der Waals surface area contributed by atoms with Crippen molar-refractivity contribution in [1.29, 1.82) is 5.26 Å². The molecule has 0 bridgehead atoms. The number of hydrogen-bond acceptors (Lipinski definition) is 8. The number of allylic oxidation sites excluding steroid dienone is 1. The van der Waals surface area contributed by atoms with Crippen molar-refractivity contribution in [2.45, 2.75) is 19.9 Å². The Balaban J connectivity index is 1.79. The van der Waals surface area contributed by atoms with Crippen LogP contribution < -0.4 is 14.8 Å². The Hall–Kier alpha value is -4.45. The Bertz CT molecular complexity index is 2050. The Morgan fingerprint density at radius 3 is 2.90 bits per heavy atom. The summed E-state index contributed by atoms with van der Waals surface area (Å²) < 4.78 is 105. The number of ether oxygens (including phenoxy) is 2. The first kappa shape index (κ1) is 16.6. The average Bonchev–Trinajstić information content (AvgIpc) is 3.06. The molecular formula is C31H30ClN5O3. The van der Waals surface area contributed by atoms with Crippen LogP contribution in [0.15, 0.2) is 73.0 Å². The predicted octanol–water partition coefficient (Wildman–Crippen LogP) is 6.11. The van der Waals surface area contributed by atoms with Crippen LogP contribution >= 0.6 is 11.6 Å². The van der Waals surface area contributed by atoms with E-state index >= 15 is 0 Å². The molecule has 0 aliphatic carbocycles. The second-order valence-electron chi connectivity index (χ2n) is 8.24. The Morgan fingerprint density at radius 2 is 2.15 bits per heavy atom. The number of nitriles is 1. The molecule has 0 radical (unpaired) electrons. The van der Waals surface area contributed by atoms with E-state index in [2.05, 4.69) is 15.3 Å². The fraction of sp³-hybridized carbons (Fsp3) is 0.226. The minimum Gasteiger partial charge on any atom is -0.494 e. The van der Waals surface area contributed by atoms with Crippen molar-refractivity contribution in [3.63, 3.8) is 0 Å². The summed E-state index contributed by atoms with van der Waals surface area (Å²) in [5, 5.41) is 13.4. The van der Waals surface area contributed by atoms with E-state index in [1.807, 2.05) is 12.1 Å². The quantitative estimate of drug-likeness (QED) is 0.205. The summed E-state index contributed by atoms with van der Waals surface area (Å²) in [7, 11) is 0.857. The number of halogens is 1. The number of anilines is 2. The number of nitrogens with zero attached hydrogens (tertiary/aromatic N) is 4. The topological polar surface area (TPSA) is 100 Å². The van der Waals surface area contributed by atoms with Crippen LogP contribution in [0.25, 0.3) is 10.9 Å². The number of carbonyl (C=O) groups excluding carboxylic acids is 1. The highest BCUT2D eigenvalue weighted by Crippen LogP contribution is 2.36. The lowest BCUT2D eigenvalue weighted by Gasteiger charge is -2.16. The van der Waals surface area contributed by atoms with Gasteiger partial charge in [0.05, 0.1) is 39.5 Å². The molecule has 0 spiro atoms. The molecule has 0 aliphatic heterocycles. The van der Waals surface area contributed by atoms with E-state index in [0.29, 0.717) is 17.1 Å². The molecule has 2 aromatic heterocycles. The molecule has 4 rings (SSSR count). The molecule has 204 valence electrons. The van der Waals surface area contributed by atoms with E-state index < -0.39 is 56.9 Å². The molecule has 1 N–H and O–H groups in total. The molecule has 0 unspecified atom stereocenters. The lowest BCUT2D eigenvalue weighted by molar-refractivity contribution is -0.114. The maximum atomic E-state index is 13.4. The van der Waals surface area contributed by atoms with Gasteiger partial charge in [0.15, 0.2) is 5.78 Å². The molecule has 2 aromatic carbocycles.